The van der Waals surface area contributed by atoms with Crippen LogP contribution >= 0.6 is 15.9 Å². The molecule has 3 nitrogen and oxygen atoms in total. The number of anilines is 1. The summed E-state index contributed by atoms with van der Waals surface area (Å²) in [5.41, 5.74) is 4.75. The lowest BCUT2D eigenvalue weighted by Gasteiger charge is -2.15. The normalized spacial score (nSPS) is 10.1. The van der Waals surface area contributed by atoms with Crippen LogP contribution in [0.4, 0.5) is 5.69 Å². The highest BCUT2D eigenvalue weighted by molar-refractivity contribution is 9.10. The van der Waals surface area contributed by atoms with Crippen LogP contribution in [0.5, 0.6) is 11.5 Å². The van der Waals surface area contributed by atoms with Gasteiger partial charge in [0.1, 0.15) is 6.61 Å². The van der Waals surface area contributed by atoms with Crippen molar-refractivity contribution < 1.29 is 9.47 Å². The molecule has 2 aromatic rings. The first-order chi connectivity index (χ1) is 11.5. The van der Waals surface area contributed by atoms with Crippen LogP contribution in [0.15, 0.2) is 34.8 Å². The minimum atomic E-state index is 0.207. The molecule has 0 aromatic heterocycles. The summed E-state index contributed by atoms with van der Waals surface area (Å²) in [6.45, 7) is 7.63. The quantitative estimate of drug-likeness (QED) is 0.671. The van der Waals surface area contributed by atoms with Gasteiger partial charge in [-0.05, 0) is 77.7 Å². The molecule has 0 saturated heterocycles. The Kier molecular flexibility index (Phi) is 6.57. The van der Waals surface area contributed by atoms with Gasteiger partial charge in [-0.2, -0.15) is 0 Å². The van der Waals surface area contributed by atoms with E-state index in [1.807, 2.05) is 19.1 Å². The molecule has 24 heavy (non-hydrogen) atoms. The van der Waals surface area contributed by atoms with Gasteiger partial charge in [-0.1, -0.05) is 12.0 Å². The SMILES string of the molecule is C#CCOc1c(Br)cc(CNc2ccc(C)c(C)c2)cc1OCC. The highest BCUT2D eigenvalue weighted by Crippen LogP contribution is 2.37. The standard InChI is InChI=1S/C20H22BrNO2/c1-5-9-24-20-18(21)11-16(12-19(20)23-6-2)13-22-17-8-7-14(3)15(4)10-17/h1,7-8,10-12,22H,6,9,13H2,2-4H3. The van der Waals surface area contributed by atoms with Crippen LogP contribution in [-0.4, -0.2) is 13.2 Å². The van der Waals surface area contributed by atoms with Crippen molar-refractivity contribution in [2.24, 2.45) is 0 Å². The van der Waals surface area contributed by atoms with Crippen LogP contribution in [0.3, 0.4) is 0 Å². The van der Waals surface area contributed by atoms with Crippen molar-refractivity contribution in [3.05, 3.63) is 51.5 Å². The molecule has 2 rings (SSSR count). The number of benzene rings is 2. The van der Waals surface area contributed by atoms with Crippen LogP contribution < -0.4 is 14.8 Å². The van der Waals surface area contributed by atoms with Gasteiger partial charge in [0.25, 0.3) is 0 Å². The fourth-order valence-electron chi connectivity index (χ4n) is 2.30. The van der Waals surface area contributed by atoms with Crippen molar-refractivity contribution in [2.45, 2.75) is 27.3 Å². The minimum Gasteiger partial charge on any atom is -0.490 e. The Hall–Kier alpha value is -2.12. The van der Waals surface area contributed by atoms with Gasteiger partial charge in [0.05, 0.1) is 11.1 Å². The van der Waals surface area contributed by atoms with Gasteiger partial charge in [0.2, 0.25) is 0 Å². The Morgan fingerprint density at radius 1 is 1.12 bits per heavy atom. The molecule has 126 valence electrons. The molecule has 0 aliphatic carbocycles. The van der Waals surface area contributed by atoms with E-state index in [0.717, 1.165) is 15.7 Å². The smallest absolute Gasteiger partial charge is 0.176 e. The van der Waals surface area contributed by atoms with E-state index in [1.165, 1.54) is 11.1 Å². The molecule has 0 heterocycles. The molecule has 0 atom stereocenters. The third-order valence-electron chi connectivity index (χ3n) is 3.67. The van der Waals surface area contributed by atoms with Crippen LogP contribution in [0.1, 0.15) is 23.6 Å². The number of terminal acetylenes is 1. The maximum absolute atomic E-state index is 5.69. The van der Waals surface area contributed by atoms with Crippen molar-refractivity contribution in [1.82, 2.24) is 0 Å². The Balaban J connectivity index is 2.17. The molecule has 0 saturated carbocycles. The molecule has 0 spiro atoms. The lowest BCUT2D eigenvalue weighted by molar-refractivity contribution is 0.297. The monoisotopic (exact) mass is 387 g/mol. The zero-order valence-electron chi connectivity index (χ0n) is 14.3. The van der Waals surface area contributed by atoms with Crippen molar-refractivity contribution in [3.63, 3.8) is 0 Å². The largest absolute Gasteiger partial charge is 0.490 e. The zero-order chi connectivity index (χ0) is 17.5. The molecule has 0 amide bonds. The third kappa shape index (κ3) is 4.69. The lowest BCUT2D eigenvalue weighted by Crippen LogP contribution is -2.04. The van der Waals surface area contributed by atoms with Gasteiger partial charge in [0.15, 0.2) is 11.5 Å². The Labute approximate surface area is 152 Å². The number of hydrogen-bond acceptors (Lipinski definition) is 3. The number of rotatable bonds is 7. The van der Waals surface area contributed by atoms with Gasteiger partial charge < -0.3 is 14.8 Å². The fraction of sp³-hybridized carbons (Fsp3) is 0.300. The zero-order valence-corrected chi connectivity index (χ0v) is 15.9. The van der Waals surface area contributed by atoms with Crippen molar-refractivity contribution in [2.75, 3.05) is 18.5 Å². The van der Waals surface area contributed by atoms with Crippen LogP contribution in [0.25, 0.3) is 0 Å². The molecular weight excluding hydrogens is 366 g/mol. The topological polar surface area (TPSA) is 30.5 Å². The molecule has 0 aliphatic heterocycles. The molecular formula is C20H22BrNO2. The second-order valence-electron chi connectivity index (χ2n) is 5.48. The molecule has 2 aromatic carbocycles. The van der Waals surface area contributed by atoms with Crippen LogP contribution in [0, 0.1) is 26.2 Å². The summed E-state index contributed by atoms with van der Waals surface area (Å²) in [6.07, 6.45) is 5.27. The van der Waals surface area contributed by atoms with E-state index in [4.69, 9.17) is 15.9 Å². The molecule has 0 radical (unpaired) electrons. The summed E-state index contributed by atoms with van der Waals surface area (Å²) in [4.78, 5) is 0. The molecule has 0 fully saturated rings. The Bertz CT molecular complexity index is 750. The maximum atomic E-state index is 5.69. The molecule has 1 N–H and O–H groups in total. The van der Waals surface area contributed by atoms with Gasteiger partial charge >= 0.3 is 0 Å². The maximum Gasteiger partial charge on any atom is 0.176 e. The van der Waals surface area contributed by atoms with E-state index in [0.29, 0.717) is 24.7 Å². The van der Waals surface area contributed by atoms with Gasteiger partial charge in [-0.15, -0.1) is 6.42 Å². The average molecular weight is 388 g/mol. The van der Waals surface area contributed by atoms with E-state index in [9.17, 15) is 0 Å². The summed E-state index contributed by atoms with van der Waals surface area (Å²) >= 11 is 3.54. The second-order valence-corrected chi connectivity index (χ2v) is 6.34. The lowest BCUT2D eigenvalue weighted by atomic mass is 10.1. The highest BCUT2D eigenvalue weighted by Gasteiger charge is 2.12. The van der Waals surface area contributed by atoms with E-state index in [2.05, 4.69) is 59.2 Å². The first kappa shape index (κ1) is 18.2. The van der Waals surface area contributed by atoms with Crippen molar-refractivity contribution >= 4 is 21.6 Å². The molecule has 0 bridgehead atoms. The summed E-state index contributed by atoms with van der Waals surface area (Å²) < 4.78 is 12.1. The van der Waals surface area contributed by atoms with E-state index >= 15 is 0 Å². The average Bonchev–Trinajstić information content (AvgIpc) is 2.55. The van der Waals surface area contributed by atoms with E-state index in [-0.39, 0.29) is 6.61 Å². The van der Waals surface area contributed by atoms with Crippen LogP contribution in [-0.2, 0) is 6.54 Å². The summed E-state index contributed by atoms with van der Waals surface area (Å²) in [7, 11) is 0. The fourth-order valence-corrected chi connectivity index (χ4v) is 2.90. The summed E-state index contributed by atoms with van der Waals surface area (Å²) in [6, 6.07) is 10.4. The van der Waals surface area contributed by atoms with Gasteiger partial charge in [-0.3, -0.25) is 0 Å². The number of aryl methyl sites for hydroxylation is 2. The Morgan fingerprint density at radius 2 is 1.92 bits per heavy atom. The minimum absolute atomic E-state index is 0.207. The predicted octanol–water partition coefficient (Wildman–Crippen LogP) is 5.09. The predicted molar refractivity (Wildman–Crippen MR) is 103 cm³/mol. The van der Waals surface area contributed by atoms with Crippen molar-refractivity contribution in [3.8, 4) is 23.8 Å². The third-order valence-corrected chi connectivity index (χ3v) is 4.26. The Morgan fingerprint density at radius 3 is 2.58 bits per heavy atom. The number of halogens is 1. The number of ether oxygens (including phenoxy) is 2. The summed E-state index contributed by atoms with van der Waals surface area (Å²) in [5.74, 6) is 3.81. The molecule has 0 aliphatic rings. The van der Waals surface area contributed by atoms with E-state index in [1.54, 1.807) is 0 Å². The number of nitrogens with one attached hydrogen (secondary N) is 1. The molecule has 4 heteroatoms. The van der Waals surface area contributed by atoms with Gasteiger partial charge in [-0.25, -0.2) is 0 Å². The number of hydrogen-bond donors (Lipinski definition) is 1. The summed E-state index contributed by atoms with van der Waals surface area (Å²) in [5, 5.41) is 3.44. The van der Waals surface area contributed by atoms with E-state index < -0.39 is 0 Å². The van der Waals surface area contributed by atoms with Gasteiger partial charge in [0, 0.05) is 12.2 Å². The first-order valence-corrected chi connectivity index (χ1v) is 8.67. The highest BCUT2D eigenvalue weighted by atomic mass is 79.9. The first-order valence-electron chi connectivity index (χ1n) is 7.87. The second kappa shape index (κ2) is 8.65. The van der Waals surface area contributed by atoms with Crippen LogP contribution in [0.2, 0.25) is 0 Å². The van der Waals surface area contributed by atoms with Crippen molar-refractivity contribution in [1.29, 1.82) is 0 Å². The molecule has 0 unspecified atom stereocenters.